The van der Waals surface area contributed by atoms with Crippen molar-refractivity contribution < 1.29 is 14.0 Å². The fourth-order valence-corrected chi connectivity index (χ4v) is 2.08. The monoisotopic (exact) mass is 250 g/mol. The smallest absolute Gasteiger partial charge is 0.254 e. The van der Waals surface area contributed by atoms with E-state index in [0.717, 1.165) is 0 Å². The van der Waals surface area contributed by atoms with Gasteiger partial charge in [0.25, 0.3) is 5.91 Å². The van der Waals surface area contributed by atoms with Gasteiger partial charge in [0.1, 0.15) is 11.9 Å². The predicted molar refractivity (Wildman–Crippen MR) is 64.5 cm³/mol. The second kappa shape index (κ2) is 4.76. The molecule has 18 heavy (non-hydrogen) atoms. The van der Waals surface area contributed by atoms with Crippen molar-refractivity contribution in [2.45, 2.75) is 13.0 Å². The van der Waals surface area contributed by atoms with Crippen LogP contribution in [0.3, 0.4) is 0 Å². The lowest BCUT2D eigenvalue weighted by Crippen LogP contribution is -2.56. The molecule has 1 atom stereocenters. The molecule has 1 aliphatic rings. The van der Waals surface area contributed by atoms with E-state index in [9.17, 15) is 14.0 Å². The van der Waals surface area contributed by atoms with Crippen molar-refractivity contribution in [2.75, 3.05) is 20.1 Å². The van der Waals surface area contributed by atoms with E-state index < -0.39 is 11.9 Å². The summed E-state index contributed by atoms with van der Waals surface area (Å²) in [4.78, 5) is 27.1. The minimum absolute atomic E-state index is 0.0917. The van der Waals surface area contributed by atoms with E-state index >= 15 is 0 Å². The lowest BCUT2D eigenvalue weighted by molar-refractivity contribution is -0.137. The van der Waals surface area contributed by atoms with Gasteiger partial charge >= 0.3 is 0 Å². The third-order valence-corrected chi connectivity index (χ3v) is 3.21. The van der Waals surface area contributed by atoms with Crippen LogP contribution in [0.4, 0.5) is 4.39 Å². The summed E-state index contributed by atoms with van der Waals surface area (Å²) in [6.07, 6.45) is 0. The van der Waals surface area contributed by atoms with Crippen molar-refractivity contribution in [3.05, 3.63) is 35.6 Å². The fraction of sp³-hybridized carbons (Fsp3) is 0.385. The molecule has 1 saturated heterocycles. The second-order valence-corrected chi connectivity index (χ2v) is 4.44. The number of benzene rings is 1. The molecule has 96 valence electrons. The first-order valence-corrected chi connectivity index (χ1v) is 5.82. The topological polar surface area (TPSA) is 40.6 Å². The maximum Gasteiger partial charge on any atom is 0.254 e. The van der Waals surface area contributed by atoms with Gasteiger partial charge in [-0.2, -0.15) is 0 Å². The molecule has 1 aromatic carbocycles. The van der Waals surface area contributed by atoms with Gasteiger partial charge in [0.05, 0.1) is 0 Å². The molecule has 1 aliphatic heterocycles. The summed E-state index contributed by atoms with van der Waals surface area (Å²) in [7, 11) is 1.71. The third kappa shape index (κ3) is 2.20. The molecule has 0 bridgehead atoms. The van der Waals surface area contributed by atoms with Gasteiger partial charge in [-0.3, -0.25) is 9.59 Å². The number of hydrogen-bond acceptors (Lipinski definition) is 2. The first-order chi connectivity index (χ1) is 8.50. The SMILES string of the molecule is CC1C(=O)N(C)CCN1C(=O)c1cccc(F)c1. The number of rotatable bonds is 1. The molecule has 0 spiro atoms. The molecule has 1 unspecified atom stereocenters. The Labute approximate surface area is 105 Å². The molecule has 2 amide bonds. The number of likely N-dealkylation sites (N-methyl/N-ethyl adjacent to an activating group) is 1. The van der Waals surface area contributed by atoms with Crippen LogP contribution in [0.1, 0.15) is 17.3 Å². The van der Waals surface area contributed by atoms with Crippen LogP contribution < -0.4 is 0 Å². The van der Waals surface area contributed by atoms with E-state index in [1.807, 2.05) is 0 Å². The standard InChI is InChI=1S/C13H15FN2O2/c1-9-12(17)15(2)6-7-16(9)13(18)10-4-3-5-11(14)8-10/h3-5,8-9H,6-7H2,1-2H3. The fourth-order valence-electron chi connectivity index (χ4n) is 2.08. The molecule has 0 aliphatic carbocycles. The quantitative estimate of drug-likeness (QED) is 0.749. The molecule has 0 saturated carbocycles. The minimum Gasteiger partial charge on any atom is -0.342 e. The highest BCUT2D eigenvalue weighted by molar-refractivity contribution is 5.98. The van der Waals surface area contributed by atoms with Crippen LogP contribution in [0.25, 0.3) is 0 Å². The molecule has 5 heteroatoms. The van der Waals surface area contributed by atoms with E-state index in [-0.39, 0.29) is 17.4 Å². The lowest BCUT2D eigenvalue weighted by Gasteiger charge is -2.37. The van der Waals surface area contributed by atoms with E-state index in [1.165, 1.54) is 23.1 Å². The summed E-state index contributed by atoms with van der Waals surface area (Å²) in [5, 5.41) is 0. The van der Waals surface area contributed by atoms with E-state index in [4.69, 9.17) is 0 Å². The summed E-state index contributed by atoms with van der Waals surface area (Å²) < 4.78 is 13.1. The van der Waals surface area contributed by atoms with Crippen LogP contribution in [0.2, 0.25) is 0 Å². The van der Waals surface area contributed by atoms with E-state index in [1.54, 1.807) is 24.9 Å². The van der Waals surface area contributed by atoms with Gasteiger partial charge in [-0.15, -0.1) is 0 Å². The molecule has 1 heterocycles. The molecule has 1 aromatic rings. The number of halogens is 1. The van der Waals surface area contributed by atoms with Crippen LogP contribution in [0.5, 0.6) is 0 Å². The zero-order chi connectivity index (χ0) is 13.3. The van der Waals surface area contributed by atoms with Crippen LogP contribution in [-0.4, -0.2) is 47.8 Å². The molecule has 0 aromatic heterocycles. The predicted octanol–water partition coefficient (Wildman–Crippen LogP) is 1.13. The zero-order valence-corrected chi connectivity index (χ0v) is 10.4. The first kappa shape index (κ1) is 12.5. The number of carbonyl (C=O) groups excluding carboxylic acids is 2. The Morgan fingerprint density at radius 2 is 2.11 bits per heavy atom. The lowest BCUT2D eigenvalue weighted by atomic mass is 10.1. The third-order valence-electron chi connectivity index (χ3n) is 3.21. The highest BCUT2D eigenvalue weighted by Gasteiger charge is 2.32. The van der Waals surface area contributed by atoms with Crippen molar-refractivity contribution in [2.24, 2.45) is 0 Å². The molecular weight excluding hydrogens is 235 g/mol. The van der Waals surface area contributed by atoms with Gasteiger partial charge in [0.15, 0.2) is 0 Å². The van der Waals surface area contributed by atoms with Gasteiger partial charge < -0.3 is 9.80 Å². The maximum absolute atomic E-state index is 13.1. The van der Waals surface area contributed by atoms with Crippen LogP contribution in [0.15, 0.2) is 24.3 Å². The highest BCUT2D eigenvalue weighted by atomic mass is 19.1. The summed E-state index contributed by atoms with van der Waals surface area (Å²) >= 11 is 0. The summed E-state index contributed by atoms with van der Waals surface area (Å²) in [6.45, 7) is 2.66. The van der Waals surface area contributed by atoms with Gasteiger partial charge in [-0.05, 0) is 25.1 Å². The van der Waals surface area contributed by atoms with Crippen molar-refractivity contribution >= 4 is 11.8 Å². The summed E-state index contributed by atoms with van der Waals surface area (Å²) in [5.41, 5.74) is 0.277. The van der Waals surface area contributed by atoms with Gasteiger partial charge in [0.2, 0.25) is 5.91 Å². The molecule has 0 radical (unpaired) electrons. The largest absolute Gasteiger partial charge is 0.342 e. The Hall–Kier alpha value is -1.91. The number of hydrogen-bond donors (Lipinski definition) is 0. The Morgan fingerprint density at radius 1 is 1.39 bits per heavy atom. The molecule has 0 N–H and O–H groups in total. The molecule has 4 nitrogen and oxygen atoms in total. The number of amides is 2. The number of carbonyl (C=O) groups is 2. The maximum atomic E-state index is 13.1. The summed E-state index contributed by atoms with van der Waals surface area (Å²) in [6, 6.07) is 5.03. The normalized spacial score (nSPS) is 20.2. The summed E-state index contributed by atoms with van der Waals surface area (Å²) in [5.74, 6) is -0.844. The molecule has 2 rings (SSSR count). The van der Waals surface area contributed by atoms with Crippen molar-refractivity contribution in [3.8, 4) is 0 Å². The van der Waals surface area contributed by atoms with Crippen molar-refractivity contribution in [1.82, 2.24) is 9.80 Å². The van der Waals surface area contributed by atoms with E-state index in [2.05, 4.69) is 0 Å². The van der Waals surface area contributed by atoms with Gasteiger partial charge in [0, 0.05) is 25.7 Å². The van der Waals surface area contributed by atoms with Crippen LogP contribution >= 0.6 is 0 Å². The van der Waals surface area contributed by atoms with Gasteiger partial charge in [-0.25, -0.2) is 4.39 Å². The van der Waals surface area contributed by atoms with Crippen molar-refractivity contribution in [3.63, 3.8) is 0 Å². The Kier molecular flexibility index (Phi) is 3.32. The van der Waals surface area contributed by atoms with Crippen LogP contribution in [-0.2, 0) is 4.79 Å². The number of nitrogens with zero attached hydrogens (tertiary/aromatic N) is 2. The zero-order valence-electron chi connectivity index (χ0n) is 10.4. The average molecular weight is 250 g/mol. The Morgan fingerprint density at radius 3 is 2.78 bits per heavy atom. The Bertz CT molecular complexity index is 490. The Balaban J connectivity index is 2.22. The van der Waals surface area contributed by atoms with Gasteiger partial charge in [-0.1, -0.05) is 6.07 Å². The molecule has 1 fully saturated rings. The second-order valence-electron chi connectivity index (χ2n) is 4.44. The highest BCUT2D eigenvalue weighted by Crippen LogP contribution is 2.14. The average Bonchev–Trinajstić information content (AvgIpc) is 2.35. The number of piperazine rings is 1. The first-order valence-electron chi connectivity index (χ1n) is 5.82. The van der Waals surface area contributed by atoms with Crippen molar-refractivity contribution in [1.29, 1.82) is 0 Å². The molecular formula is C13H15FN2O2. The van der Waals surface area contributed by atoms with Crippen LogP contribution in [0, 0.1) is 5.82 Å². The van der Waals surface area contributed by atoms with E-state index in [0.29, 0.717) is 13.1 Å². The minimum atomic E-state index is -0.500.